The maximum absolute atomic E-state index is 11.4. The first-order chi connectivity index (χ1) is 6.98. The summed E-state index contributed by atoms with van der Waals surface area (Å²) in [6.45, 7) is 8.13. The van der Waals surface area contributed by atoms with E-state index >= 15 is 0 Å². The summed E-state index contributed by atoms with van der Waals surface area (Å²) in [5, 5.41) is 2.99. The summed E-state index contributed by atoms with van der Waals surface area (Å²) in [5.41, 5.74) is 0. The molecule has 0 unspecified atom stereocenters. The molecule has 15 heavy (non-hydrogen) atoms. The van der Waals surface area contributed by atoms with Crippen LogP contribution >= 0.6 is 0 Å². The van der Waals surface area contributed by atoms with Gasteiger partial charge in [0.15, 0.2) is 0 Å². The lowest BCUT2D eigenvalue weighted by Gasteiger charge is -2.07. The van der Waals surface area contributed by atoms with Crippen molar-refractivity contribution in [3.63, 3.8) is 0 Å². The van der Waals surface area contributed by atoms with E-state index in [4.69, 9.17) is 0 Å². The normalized spacial score (nSPS) is 12.3. The van der Waals surface area contributed by atoms with E-state index in [0.29, 0.717) is 19.0 Å². The van der Waals surface area contributed by atoms with E-state index in [1.54, 1.807) is 0 Å². The van der Waals surface area contributed by atoms with Crippen molar-refractivity contribution in [2.45, 2.75) is 33.6 Å². The third kappa shape index (κ3) is 10.2. The molecule has 4 nitrogen and oxygen atoms in total. The number of rotatable bonds is 9. The van der Waals surface area contributed by atoms with Gasteiger partial charge in [-0.1, -0.05) is 20.8 Å². The molecular weight excluding hydrogens is 212 g/mol. The topological polar surface area (TPSA) is 58.2 Å². The summed E-state index contributed by atoms with van der Waals surface area (Å²) in [6, 6.07) is 0. The summed E-state index contributed by atoms with van der Waals surface area (Å²) in [5.74, 6) is 0.805. The Labute approximate surface area is 93.9 Å². The van der Waals surface area contributed by atoms with Crippen LogP contribution in [0.2, 0.25) is 0 Å². The lowest BCUT2D eigenvalue weighted by Crippen LogP contribution is -2.32. The molecule has 0 aliphatic carbocycles. The molecule has 0 atom stereocenters. The van der Waals surface area contributed by atoms with Gasteiger partial charge in [0.05, 0.1) is 5.75 Å². The largest absolute Gasteiger partial charge is 0.316 e. The van der Waals surface area contributed by atoms with Gasteiger partial charge in [0, 0.05) is 13.1 Å². The minimum absolute atomic E-state index is 0.169. The van der Waals surface area contributed by atoms with Gasteiger partial charge in [-0.05, 0) is 25.3 Å². The van der Waals surface area contributed by atoms with Gasteiger partial charge in [-0.3, -0.25) is 0 Å². The van der Waals surface area contributed by atoms with Crippen LogP contribution in [0.3, 0.4) is 0 Å². The first-order valence-corrected chi connectivity index (χ1v) is 7.31. The van der Waals surface area contributed by atoms with Crippen molar-refractivity contribution >= 4 is 10.0 Å². The van der Waals surface area contributed by atoms with Crippen molar-refractivity contribution in [3.05, 3.63) is 0 Å². The van der Waals surface area contributed by atoms with Gasteiger partial charge < -0.3 is 5.32 Å². The molecular formula is C10H24N2O2S. The standard InChI is InChI=1S/C10H24N2O2S/c1-4-11-8-9-15(13,14)12-7-5-6-10(2)3/h10-12H,4-9H2,1-3H3. The molecule has 0 bridgehead atoms. The fraction of sp³-hybridized carbons (Fsp3) is 1.00. The zero-order valence-corrected chi connectivity index (χ0v) is 10.9. The molecule has 0 amide bonds. The summed E-state index contributed by atoms with van der Waals surface area (Å²) < 4.78 is 25.4. The third-order valence-electron chi connectivity index (χ3n) is 2.08. The number of hydrogen-bond donors (Lipinski definition) is 2. The molecule has 0 aromatic heterocycles. The monoisotopic (exact) mass is 236 g/mol. The predicted molar refractivity (Wildman–Crippen MR) is 64.4 cm³/mol. The fourth-order valence-electron chi connectivity index (χ4n) is 1.19. The molecule has 0 aromatic carbocycles. The van der Waals surface area contributed by atoms with Crippen molar-refractivity contribution in [1.82, 2.24) is 10.0 Å². The van der Waals surface area contributed by atoms with Crippen LogP contribution in [0.5, 0.6) is 0 Å². The van der Waals surface area contributed by atoms with E-state index in [-0.39, 0.29) is 5.75 Å². The SMILES string of the molecule is CCNCCS(=O)(=O)NCCCC(C)C. The summed E-state index contributed by atoms with van der Waals surface area (Å²) in [6.07, 6.45) is 1.98. The molecule has 0 fully saturated rings. The van der Waals surface area contributed by atoms with Crippen molar-refractivity contribution in [3.8, 4) is 0 Å². The van der Waals surface area contributed by atoms with E-state index in [1.807, 2.05) is 6.92 Å². The minimum atomic E-state index is -3.06. The lowest BCUT2D eigenvalue weighted by atomic mass is 10.1. The predicted octanol–water partition coefficient (Wildman–Crippen LogP) is 0.952. The van der Waals surface area contributed by atoms with Gasteiger partial charge in [-0.2, -0.15) is 0 Å². The molecule has 2 N–H and O–H groups in total. The molecule has 5 heteroatoms. The van der Waals surface area contributed by atoms with E-state index in [0.717, 1.165) is 19.4 Å². The van der Waals surface area contributed by atoms with E-state index < -0.39 is 10.0 Å². The van der Waals surface area contributed by atoms with Gasteiger partial charge in [0.1, 0.15) is 0 Å². The van der Waals surface area contributed by atoms with Crippen molar-refractivity contribution in [1.29, 1.82) is 0 Å². The summed E-state index contributed by atoms with van der Waals surface area (Å²) in [4.78, 5) is 0. The van der Waals surface area contributed by atoms with Crippen LogP contribution in [-0.4, -0.2) is 33.8 Å². The first kappa shape index (κ1) is 14.9. The average molecular weight is 236 g/mol. The van der Waals surface area contributed by atoms with Gasteiger partial charge in [-0.15, -0.1) is 0 Å². The Hall–Kier alpha value is -0.130. The number of hydrogen-bond acceptors (Lipinski definition) is 3. The minimum Gasteiger partial charge on any atom is -0.316 e. The molecule has 0 spiro atoms. The van der Waals surface area contributed by atoms with Crippen LogP contribution in [0.4, 0.5) is 0 Å². The first-order valence-electron chi connectivity index (χ1n) is 5.66. The second-order valence-electron chi connectivity index (χ2n) is 4.10. The second-order valence-corrected chi connectivity index (χ2v) is 6.03. The Morgan fingerprint density at radius 1 is 1.20 bits per heavy atom. The Morgan fingerprint density at radius 3 is 2.40 bits per heavy atom. The Morgan fingerprint density at radius 2 is 1.87 bits per heavy atom. The highest BCUT2D eigenvalue weighted by Crippen LogP contribution is 2.02. The smallest absolute Gasteiger partial charge is 0.212 e. The van der Waals surface area contributed by atoms with Crippen LogP contribution < -0.4 is 10.0 Å². The molecule has 0 rings (SSSR count). The molecule has 0 aromatic rings. The van der Waals surface area contributed by atoms with Crippen LogP contribution in [-0.2, 0) is 10.0 Å². The van der Waals surface area contributed by atoms with Crippen molar-refractivity contribution < 1.29 is 8.42 Å². The molecule has 0 heterocycles. The maximum Gasteiger partial charge on any atom is 0.212 e. The van der Waals surface area contributed by atoms with E-state index in [1.165, 1.54) is 0 Å². The number of nitrogens with one attached hydrogen (secondary N) is 2. The van der Waals surface area contributed by atoms with Crippen LogP contribution in [0.25, 0.3) is 0 Å². The van der Waals surface area contributed by atoms with Crippen molar-refractivity contribution in [2.75, 3.05) is 25.4 Å². The Bertz CT molecular complexity index is 238. The molecule has 0 saturated heterocycles. The molecule has 0 aliphatic rings. The van der Waals surface area contributed by atoms with Crippen LogP contribution in [0.1, 0.15) is 33.6 Å². The van der Waals surface area contributed by atoms with Gasteiger partial charge in [-0.25, -0.2) is 13.1 Å². The Kier molecular flexibility index (Phi) is 8.00. The molecule has 0 aliphatic heterocycles. The fourth-order valence-corrected chi connectivity index (χ4v) is 2.21. The number of sulfonamides is 1. The highest BCUT2D eigenvalue weighted by Gasteiger charge is 2.08. The van der Waals surface area contributed by atoms with E-state index in [9.17, 15) is 8.42 Å². The molecule has 92 valence electrons. The van der Waals surface area contributed by atoms with Crippen molar-refractivity contribution in [2.24, 2.45) is 5.92 Å². The highest BCUT2D eigenvalue weighted by molar-refractivity contribution is 7.89. The zero-order chi connectivity index (χ0) is 11.7. The molecule has 0 saturated carbocycles. The lowest BCUT2D eigenvalue weighted by molar-refractivity contribution is 0.539. The van der Waals surface area contributed by atoms with Crippen LogP contribution in [0, 0.1) is 5.92 Å². The van der Waals surface area contributed by atoms with Gasteiger partial charge in [0.2, 0.25) is 10.0 Å². The van der Waals surface area contributed by atoms with Crippen LogP contribution in [0.15, 0.2) is 0 Å². The van der Waals surface area contributed by atoms with E-state index in [2.05, 4.69) is 23.9 Å². The molecule has 0 radical (unpaired) electrons. The second kappa shape index (κ2) is 8.07. The third-order valence-corrected chi connectivity index (χ3v) is 3.46. The zero-order valence-electron chi connectivity index (χ0n) is 10.0. The van der Waals surface area contributed by atoms with Gasteiger partial charge in [0.25, 0.3) is 0 Å². The summed E-state index contributed by atoms with van der Waals surface area (Å²) in [7, 11) is -3.06. The summed E-state index contributed by atoms with van der Waals surface area (Å²) >= 11 is 0. The Balaban J connectivity index is 3.56. The highest BCUT2D eigenvalue weighted by atomic mass is 32.2. The maximum atomic E-state index is 11.4. The average Bonchev–Trinajstić information content (AvgIpc) is 2.13. The van der Waals surface area contributed by atoms with Gasteiger partial charge >= 0.3 is 0 Å². The quantitative estimate of drug-likeness (QED) is 0.586.